The fourth-order valence-corrected chi connectivity index (χ4v) is 3.07. The molecule has 27 heavy (non-hydrogen) atoms. The standard InChI is InChI=1S/C20H23N5O2/c1-12-5-7-15(8-6-12)18(22-14(3)26)10-19(27)23-16-9-17-13(2)24-25(4)20(17)21-11-16/h5-9,11,18H,10H2,1-4H3,(H,22,26)(H,23,27). The smallest absolute Gasteiger partial charge is 0.226 e. The molecule has 7 nitrogen and oxygen atoms in total. The summed E-state index contributed by atoms with van der Waals surface area (Å²) in [5, 5.41) is 10.9. The molecule has 1 unspecified atom stereocenters. The van der Waals surface area contributed by atoms with Crippen LogP contribution in [-0.2, 0) is 16.6 Å². The van der Waals surface area contributed by atoms with Gasteiger partial charge < -0.3 is 10.6 Å². The van der Waals surface area contributed by atoms with Crippen molar-refractivity contribution in [3.8, 4) is 0 Å². The van der Waals surface area contributed by atoms with E-state index in [9.17, 15) is 9.59 Å². The fourth-order valence-electron chi connectivity index (χ4n) is 3.07. The van der Waals surface area contributed by atoms with Crippen LogP contribution in [0.3, 0.4) is 0 Å². The minimum absolute atomic E-state index is 0.132. The van der Waals surface area contributed by atoms with Gasteiger partial charge in [0, 0.05) is 19.4 Å². The Morgan fingerprint density at radius 2 is 1.89 bits per heavy atom. The van der Waals surface area contributed by atoms with Crippen LogP contribution in [0.25, 0.3) is 11.0 Å². The van der Waals surface area contributed by atoms with Gasteiger partial charge in [0.1, 0.15) is 0 Å². The van der Waals surface area contributed by atoms with Crippen molar-refractivity contribution in [1.29, 1.82) is 0 Å². The third-order valence-corrected chi connectivity index (χ3v) is 4.39. The Kier molecular flexibility index (Phi) is 5.21. The van der Waals surface area contributed by atoms with Crippen LogP contribution in [0.5, 0.6) is 0 Å². The van der Waals surface area contributed by atoms with Crippen molar-refractivity contribution in [2.75, 3.05) is 5.32 Å². The molecule has 2 N–H and O–H groups in total. The lowest BCUT2D eigenvalue weighted by Crippen LogP contribution is -2.29. The highest BCUT2D eigenvalue weighted by molar-refractivity contribution is 5.93. The molecule has 1 aromatic carbocycles. The van der Waals surface area contributed by atoms with Crippen LogP contribution in [0, 0.1) is 13.8 Å². The van der Waals surface area contributed by atoms with Crippen molar-refractivity contribution in [3.63, 3.8) is 0 Å². The van der Waals surface area contributed by atoms with Gasteiger partial charge in [-0.1, -0.05) is 29.8 Å². The predicted molar refractivity (Wildman–Crippen MR) is 104 cm³/mol. The molecule has 0 saturated carbocycles. The summed E-state index contributed by atoms with van der Waals surface area (Å²) in [5.74, 6) is -0.375. The number of carbonyl (C=O) groups is 2. The molecule has 0 spiro atoms. The lowest BCUT2D eigenvalue weighted by molar-refractivity contribution is -0.120. The highest BCUT2D eigenvalue weighted by atomic mass is 16.2. The van der Waals surface area contributed by atoms with Gasteiger partial charge in [0.25, 0.3) is 0 Å². The second kappa shape index (κ2) is 7.57. The van der Waals surface area contributed by atoms with Gasteiger partial charge in [0.05, 0.1) is 30.0 Å². The second-order valence-corrected chi connectivity index (χ2v) is 6.72. The molecule has 1 atom stereocenters. The SMILES string of the molecule is CC(=O)NC(CC(=O)Nc1cnc2c(c1)c(C)nn2C)c1ccc(C)cc1. The van der Waals surface area contributed by atoms with Gasteiger partial charge in [-0.25, -0.2) is 4.98 Å². The lowest BCUT2D eigenvalue weighted by atomic mass is 10.0. The molecular weight excluding hydrogens is 342 g/mol. The molecule has 0 radical (unpaired) electrons. The van der Waals surface area contributed by atoms with E-state index in [2.05, 4.69) is 20.7 Å². The van der Waals surface area contributed by atoms with Crippen LogP contribution < -0.4 is 10.6 Å². The quantitative estimate of drug-likeness (QED) is 0.728. The summed E-state index contributed by atoms with van der Waals surface area (Å²) in [6.45, 7) is 5.34. The number of benzene rings is 1. The number of carbonyl (C=O) groups excluding carboxylic acids is 2. The first-order valence-corrected chi connectivity index (χ1v) is 8.76. The molecule has 2 heterocycles. The van der Waals surface area contributed by atoms with E-state index in [0.29, 0.717) is 5.69 Å². The van der Waals surface area contributed by atoms with E-state index >= 15 is 0 Å². The Morgan fingerprint density at radius 3 is 2.56 bits per heavy atom. The highest BCUT2D eigenvalue weighted by Gasteiger charge is 2.18. The van der Waals surface area contributed by atoms with Gasteiger partial charge in [0.2, 0.25) is 11.8 Å². The first-order chi connectivity index (χ1) is 12.8. The number of rotatable bonds is 5. The number of nitrogens with zero attached hydrogens (tertiary/aromatic N) is 3. The van der Waals surface area contributed by atoms with E-state index in [1.54, 1.807) is 10.9 Å². The summed E-state index contributed by atoms with van der Waals surface area (Å²) in [4.78, 5) is 28.5. The van der Waals surface area contributed by atoms with Gasteiger partial charge in [-0.2, -0.15) is 5.10 Å². The molecule has 0 aliphatic carbocycles. The second-order valence-electron chi connectivity index (χ2n) is 6.72. The topological polar surface area (TPSA) is 88.9 Å². The maximum Gasteiger partial charge on any atom is 0.226 e. The van der Waals surface area contributed by atoms with Gasteiger partial charge in [-0.3, -0.25) is 14.3 Å². The molecule has 0 fully saturated rings. The average molecular weight is 365 g/mol. The molecule has 2 aromatic heterocycles. The molecular formula is C20H23N5O2. The number of anilines is 1. The number of fused-ring (bicyclic) bond motifs is 1. The largest absolute Gasteiger partial charge is 0.349 e. The Hall–Kier alpha value is -3.22. The first kappa shape index (κ1) is 18.6. The number of hydrogen-bond acceptors (Lipinski definition) is 4. The van der Waals surface area contributed by atoms with Crippen LogP contribution in [-0.4, -0.2) is 26.6 Å². The predicted octanol–water partition coefficient (Wildman–Crippen LogP) is 2.79. The number of amides is 2. The third-order valence-electron chi connectivity index (χ3n) is 4.39. The van der Waals surface area contributed by atoms with E-state index < -0.39 is 0 Å². The van der Waals surface area contributed by atoms with Crippen molar-refractivity contribution in [3.05, 3.63) is 53.3 Å². The van der Waals surface area contributed by atoms with E-state index in [1.165, 1.54) is 6.92 Å². The normalized spacial score (nSPS) is 12.0. The Balaban J connectivity index is 1.76. The molecule has 0 saturated heterocycles. The number of aromatic nitrogens is 3. The van der Waals surface area contributed by atoms with Gasteiger partial charge >= 0.3 is 0 Å². The van der Waals surface area contributed by atoms with Crippen LogP contribution >= 0.6 is 0 Å². The Morgan fingerprint density at radius 1 is 1.19 bits per heavy atom. The van der Waals surface area contributed by atoms with Crippen LogP contribution in [0.2, 0.25) is 0 Å². The molecule has 3 aromatic rings. The minimum Gasteiger partial charge on any atom is -0.349 e. The van der Waals surface area contributed by atoms with Crippen molar-refractivity contribution >= 4 is 28.5 Å². The summed E-state index contributed by atoms with van der Waals surface area (Å²) >= 11 is 0. The number of hydrogen-bond donors (Lipinski definition) is 2. The molecule has 0 aliphatic heterocycles. The van der Waals surface area contributed by atoms with Crippen molar-refractivity contribution in [2.45, 2.75) is 33.2 Å². The van der Waals surface area contributed by atoms with Crippen LogP contribution in [0.4, 0.5) is 5.69 Å². The van der Waals surface area contributed by atoms with Crippen molar-refractivity contribution in [1.82, 2.24) is 20.1 Å². The zero-order chi connectivity index (χ0) is 19.6. The van der Waals surface area contributed by atoms with Crippen LogP contribution in [0.15, 0.2) is 36.5 Å². The fraction of sp³-hybridized carbons (Fsp3) is 0.300. The summed E-state index contributed by atoms with van der Waals surface area (Å²) < 4.78 is 1.71. The zero-order valence-corrected chi connectivity index (χ0v) is 15.9. The van der Waals surface area contributed by atoms with Crippen molar-refractivity contribution in [2.24, 2.45) is 7.05 Å². The van der Waals surface area contributed by atoms with E-state index in [-0.39, 0.29) is 24.3 Å². The number of aryl methyl sites for hydroxylation is 3. The first-order valence-electron chi connectivity index (χ1n) is 8.76. The summed E-state index contributed by atoms with van der Waals surface area (Å²) in [6, 6.07) is 9.25. The van der Waals surface area contributed by atoms with E-state index in [0.717, 1.165) is 27.9 Å². The molecule has 140 valence electrons. The molecule has 3 rings (SSSR count). The monoisotopic (exact) mass is 365 g/mol. The van der Waals surface area contributed by atoms with Gasteiger partial charge in [-0.15, -0.1) is 0 Å². The Labute approximate surface area is 157 Å². The Bertz CT molecular complexity index is 992. The summed E-state index contributed by atoms with van der Waals surface area (Å²) in [7, 11) is 1.83. The number of nitrogens with one attached hydrogen (secondary N) is 2. The summed E-state index contributed by atoms with van der Waals surface area (Å²) in [6.07, 6.45) is 1.74. The van der Waals surface area contributed by atoms with Crippen molar-refractivity contribution < 1.29 is 9.59 Å². The zero-order valence-electron chi connectivity index (χ0n) is 15.9. The highest BCUT2D eigenvalue weighted by Crippen LogP contribution is 2.21. The van der Waals surface area contributed by atoms with E-state index in [1.807, 2.05) is 51.2 Å². The van der Waals surface area contributed by atoms with Gasteiger partial charge in [-0.05, 0) is 25.5 Å². The molecule has 2 amide bonds. The third kappa shape index (κ3) is 4.31. The molecule has 0 aliphatic rings. The van der Waals surface area contributed by atoms with Crippen LogP contribution in [0.1, 0.15) is 36.2 Å². The minimum atomic E-state index is -0.389. The average Bonchev–Trinajstić information content (AvgIpc) is 2.88. The maximum atomic E-state index is 12.6. The molecule has 0 bridgehead atoms. The van der Waals surface area contributed by atoms with E-state index in [4.69, 9.17) is 0 Å². The molecule has 7 heteroatoms. The number of pyridine rings is 1. The summed E-state index contributed by atoms with van der Waals surface area (Å²) in [5.41, 5.74) is 4.24. The lowest BCUT2D eigenvalue weighted by Gasteiger charge is -2.18. The van der Waals surface area contributed by atoms with Gasteiger partial charge in [0.15, 0.2) is 5.65 Å². The maximum absolute atomic E-state index is 12.6.